The number of aliphatic carboxylic acids is 1. The number of rotatable bonds is 5. The summed E-state index contributed by atoms with van der Waals surface area (Å²) in [5.74, 6) is -2.15. The molecule has 7 heteroatoms. The van der Waals surface area contributed by atoms with Crippen LogP contribution in [0.2, 0.25) is 0 Å². The number of alkyl carbamates (subject to hydrolysis) is 1. The van der Waals surface area contributed by atoms with Crippen molar-refractivity contribution in [2.45, 2.75) is 19.1 Å². The smallest absolute Gasteiger partial charge is 0.408 e. The number of nitrogens with one attached hydrogen (secondary N) is 1. The molecule has 2 N–H and O–H groups in total. The molecule has 0 aromatic heterocycles. The summed E-state index contributed by atoms with van der Waals surface area (Å²) in [4.78, 5) is 23.6. The number of carboxylic acids is 1. The van der Waals surface area contributed by atoms with E-state index in [0.29, 0.717) is 4.47 Å². The number of benzene rings is 2. The first kappa shape index (κ1) is 17.9. The molecule has 24 heavy (non-hydrogen) atoms. The zero-order valence-electron chi connectivity index (χ0n) is 12.8. The summed E-state index contributed by atoms with van der Waals surface area (Å²) in [5.41, 5.74) is -1.40. The number of ether oxygens (including phenoxy) is 1. The maximum absolute atomic E-state index is 14.1. The Balaban J connectivity index is 2.17. The van der Waals surface area contributed by atoms with E-state index in [4.69, 9.17) is 4.74 Å². The first-order valence-electron chi connectivity index (χ1n) is 7.00. The van der Waals surface area contributed by atoms with Gasteiger partial charge >= 0.3 is 12.1 Å². The van der Waals surface area contributed by atoms with E-state index in [1.165, 1.54) is 19.1 Å². The van der Waals surface area contributed by atoms with Crippen molar-refractivity contribution in [3.05, 3.63) is 69.9 Å². The Morgan fingerprint density at radius 1 is 1.25 bits per heavy atom. The molecule has 0 aliphatic heterocycles. The topological polar surface area (TPSA) is 75.6 Å². The Morgan fingerprint density at radius 2 is 1.92 bits per heavy atom. The maximum Gasteiger partial charge on any atom is 0.408 e. The van der Waals surface area contributed by atoms with Crippen LogP contribution >= 0.6 is 15.9 Å². The van der Waals surface area contributed by atoms with Gasteiger partial charge in [-0.05, 0) is 30.7 Å². The molecule has 1 atom stereocenters. The van der Waals surface area contributed by atoms with Crippen molar-refractivity contribution in [1.82, 2.24) is 5.32 Å². The molecule has 1 amide bonds. The van der Waals surface area contributed by atoms with Crippen LogP contribution < -0.4 is 5.32 Å². The third-order valence-electron chi connectivity index (χ3n) is 3.46. The lowest BCUT2D eigenvalue weighted by Gasteiger charge is -2.27. The largest absolute Gasteiger partial charge is 0.479 e. The van der Waals surface area contributed by atoms with Gasteiger partial charge in [0.15, 0.2) is 5.54 Å². The lowest BCUT2D eigenvalue weighted by atomic mass is 9.92. The van der Waals surface area contributed by atoms with Crippen LogP contribution in [0.1, 0.15) is 18.1 Å². The van der Waals surface area contributed by atoms with Crippen molar-refractivity contribution >= 4 is 28.0 Å². The molecule has 0 bridgehead atoms. The molecule has 0 aliphatic rings. The van der Waals surface area contributed by atoms with Crippen molar-refractivity contribution in [3.63, 3.8) is 0 Å². The Bertz CT molecular complexity index is 754. The number of carbonyl (C=O) groups is 2. The molecule has 0 aliphatic carbocycles. The van der Waals surface area contributed by atoms with Crippen LogP contribution in [0.25, 0.3) is 0 Å². The SMILES string of the molecule is CC(NC(=O)OCc1ccccc1)(C(=O)O)c1cc(Br)ccc1F. The average Bonchev–Trinajstić information content (AvgIpc) is 2.56. The fourth-order valence-corrected chi connectivity index (χ4v) is 2.44. The van der Waals surface area contributed by atoms with E-state index in [0.717, 1.165) is 11.6 Å². The molecule has 0 spiro atoms. The summed E-state index contributed by atoms with van der Waals surface area (Å²) >= 11 is 3.16. The fourth-order valence-electron chi connectivity index (χ4n) is 2.08. The number of amides is 1. The molecule has 5 nitrogen and oxygen atoms in total. The highest BCUT2D eigenvalue weighted by Gasteiger charge is 2.40. The average molecular weight is 396 g/mol. The second-order valence-electron chi connectivity index (χ2n) is 5.24. The number of hydrogen-bond acceptors (Lipinski definition) is 3. The summed E-state index contributed by atoms with van der Waals surface area (Å²) in [7, 11) is 0. The van der Waals surface area contributed by atoms with Crippen LogP contribution in [-0.4, -0.2) is 17.2 Å². The Kier molecular flexibility index (Phi) is 5.56. The van der Waals surface area contributed by atoms with Gasteiger partial charge in [-0.25, -0.2) is 14.0 Å². The zero-order chi connectivity index (χ0) is 17.7. The number of halogens is 2. The quantitative estimate of drug-likeness (QED) is 0.806. The first-order chi connectivity index (χ1) is 11.3. The van der Waals surface area contributed by atoms with Crippen molar-refractivity contribution in [1.29, 1.82) is 0 Å². The third-order valence-corrected chi connectivity index (χ3v) is 3.95. The predicted molar refractivity (Wildman–Crippen MR) is 88.9 cm³/mol. The molecule has 126 valence electrons. The molecule has 2 aromatic carbocycles. The molecule has 0 radical (unpaired) electrons. The lowest BCUT2D eigenvalue weighted by molar-refractivity contribution is -0.144. The maximum atomic E-state index is 14.1. The second kappa shape index (κ2) is 7.44. The molecule has 0 saturated heterocycles. The van der Waals surface area contributed by atoms with E-state index in [-0.39, 0.29) is 12.2 Å². The molecule has 0 heterocycles. The van der Waals surface area contributed by atoms with E-state index in [2.05, 4.69) is 21.2 Å². The minimum Gasteiger partial charge on any atom is -0.479 e. The molecule has 0 saturated carbocycles. The molecular weight excluding hydrogens is 381 g/mol. The highest BCUT2D eigenvalue weighted by atomic mass is 79.9. The highest BCUT2D eigenvalue weighted by Crippen LogP contribution is 2.27. The first-order valence-corrected chi connectivity index (χ1v) is 7.80. The van der Waals surface area contributed by atoms with E-state index >= 15 is 0 Å². The van der Waals surface area contributed by atoms with Gasteiger partial charge in [-0.1, -0.05) is 46.3 Å². The molecule has 2 rings (SSSR count). The van der Waals surface area contributed by atoms with Crippen LogP contribution in [0.4, 0.5) is 9.18 Å². The fraction of sp³-hybridized carbons (Fsp3) is 0.176. The van der Waals surface area contributed by atoms with Gasteiger partial charge in [-0.15, -0.1) is 0 Å². The zero-order valence-corrected chi connectivity index (χ0v) is 14.3. The van der Waals surface area contributed by atoms with E-state index in [1.54, 1.807) is 24.3 Å². The van der Waals surface area contributed by atoms with E-state index in [9.17, 15) is 19.1 Å². The molecule has 0 fully saturated rings. The predicted octanol–water partition coefficient (Wildman–Crippen LogP) is 3.81. The molecular formula is C17H15BrFNO4. The monoisotopic (exact) mass is 395 g/mol. The van der Waals surface area contributed by atoms with Crippen LogP contribution in [0.3, 0.4) is 0 Å². The second-order valence-corrected chi connectivity index (χ2v) is 6.16. The van der Waals surface area contributed by atoms with Gasteiger partial charge in [-0.2, -0.15) is 0 Å². The van der Waals surface area contributed by atoms with Crippen LogP contribution in [-0.2, 0) is 21.7 Å². The van der Waals surface area contributed by atoms with E-state index in [1.807, 2.05) is 6.07 Å². The van der Waals surface area contributed by atoms with Gasteiger partial charge in [0.2, 0.25) is 0 Å². The summed E-state index contributed by atoms with van der Waals surface area (Å²) in [6.07, 6.45) is -0.955. The number of carbonyl (C=O) groups excluding carboxylic acids is 1. The normalized spacial score (nSPS) is 13.0. The minimum absolute atomic E-state index is 0.0245. The van der Waals surface area contributed by atoms with Crippen LogP contribution in [0, 0.1) is 5.82 Å². The minimum atomic E-state index is -1.97. The summed E-state index contributed by atoms with van der Waals surface area (Å²) in [6, 6.07) is 12.8. The standard InChI is InChI=1S/C17H15BrFNO4/c1-17(15(21)22,13-9-12(18)7-8-14(13)19)20-16(23)24-10-11-5-3-2-4-6-11/h2-9H,10H2,1H3,(H,20,23)(H,21,22). The Morgan fingerprint density at radius 3 is 2.54 bits per heavy atom. The highest BCUT2D eigenvalue weighted by molar-refractivity contribution is 9.10. The van der Waals surface area contributed by atoms with Crippen molar-refractivity contribution in [3.8, 4) is 0 Å². The van der Waals surface area contributed by atoms with E-state index < -0.39 is 23.4 Å². The number of hydrogen-bond donors (Lipinski definition) is 2. The van der Waals surface area contributed by atoms with Gasteiger partial charge in [0.25, 0.3) is 0 Å². The summed E-state index contributed by atoms with van der Waals surface area (Å²) in [6.45, 7) is 1.17. The Hall–Kier alpha value is -2.41. The number of carboxylic acid groups (broad SMARTS) is 1. The van der Waals surface area contributed by atoms with Crippen LogP contribution in [0.15, 0.2) is 53.0 Å². The van der Waals surface area contributed by atoms with Crippen molar-refractivity contribution in [2.24, 2.45) is 0 Å². The lowest BCUT2D eigenvalue weighted by Crippen LogP contribution is -2.50. The van der Waals surface area contributed by atoms with Gasteiger partial charge < -0.3 is 15.2 Å². The van der Waals surface area contributed by atoms with Gasteiger partial charge in [0.1, 0.15) is 12.4 Å². The van der Waals surface area contributed by atoms with Crippen molar-refractivity contribution in [2.75, 3.05) is 0 Å². The summed E-state index contributed by atoms with van der Waals surface area (Å²) in [5, 5.41) is 11.7. The van der Waals surface area contributed by atoms with Gasteiger partial charge in [-0.3, -0.25) is 0 Å². The van der Waals surface area contributed by atoms with Gasteiger partial charge in [0, 0.05) is 10.0 Å². The Labute approximate surface area is 146 Å². The van der Waals surface area contributed by atoms with Gasteiger partial charge in [0.05, 0.1) is 0 Å². The molecule has 2 aromatic rings. The van der Waals surface area contributed by atoms with Crippen LogP contribution in [0.5, 0.6) is 0 Å². The molecule has 1 unspecified atom stereocenters. The summed E-state index contributed by atoms with van der Waals surface area (Å²) < 4.78 is 19.6. The third kappa shape index (κ3) is 4.11. The van der Waals surface area contributed by atoms with Crippen molar-refractivity contribution < 1.29 is 23.8 Å².